The Kier molecular flexibility index (Phi) is 6.91. The van der Waals surface area contributed by atoms with Crippen molar-refractivity contribution < 1.29 is 23.4 Å². The first kappa shape index (κ1) is 23.1. The van der Waals surface area contributed by atoms with E-state index in [2.05, 4.69) is 26.0 Å². The van der Waals surface area contributed by atoms with Crippen LogP contribution in [0.5, 0.6) is 17.2 Å². The lowest BCUT2D eigenvalue weighted by Gasteiger charge is -2.14. The lowest BCUT2D eigenvalue weighted by atomic mass is 10.2. The molecule has 2 aromatic heterocycles. The molecule has 0 aliphatic carbocycles. The van der Waals surface area contributed by atoms with Crippen LogP contribution < -0.4 is 19.2 Å². The molecule has 2 aromatic carbocycles. The van der Waals surface area contributed by atoms with Crippen molar-refractivity contribution in [2.24, 2.45) is 5.10 Å². The molecule has 2 heterocycles. The van der Waals surface area contributed by atoms with E-state index in [0.29, 0.717) is 43.0 Å². The Morgan fingerprint density at radius 1 is 1.06 bits per heavy atom. The molecule has 0 unspecified atom stereocenters. The summed E-state index contributed by atoms with van der Waals surface area (Å²) in [7, 11) is 4.55. The van der Waals surface area contributed by atoms with E-state index >= 15 is 0 Å². The number of ether oxygens (including phenoxy) is 3. The third-order valence-electron chi connectivity index (χ3n) is 4.51. The topological polar surface area (TPSA) is 73.2 Å². The van der Waals surface area contributed by atoms with Crippen molar-refractivity contribution in [3.8, 4) is 17.2 Å². The second-order valence-corrected chi connectivity index (χ2v) is 10.0. The Morgan fingerprint density at radius 2 is 1.79 bits per heavy atom. The molecule has 11 heteroatoms. The van der Waals surface area contributed by atoms with Crippen molar-refractivity contribution in [3.05, 3.63) is 62.5 Å². The van der Waals surface area contributed by atoms with Gasteiger partial charge in [0.15, 0.2) is 11.5 Å². The minimum atomic E-state index is -0.376. The van der Waals surface area contributed by atoms with E-state index < -0.39 is 0 Å². The smallest absolute Gasteiger partial charge is 0.290 e. The summed E-state index contributed by atoms with van der Waals surface area (Å²) in [6, 6.07) is 11.2. The van der Waals surface area contributed by atoms with Gasteiger partial charge in [-0.2, -0.15) is 10.1 Å². The fourth-order valence-corrected chi connectivity index (χ4v) is 5.26. The zero-order valence-electron chi connectivity index (χ0n) is 17.7. The fourth-order valence-electron chi connectivity index (χ4n) is 3.00. The molecule has 170 valence electrons. The minimum absolute atomic E-state index is 0.314. The average molecular weight is 550 g/mol. The summed E-state index contributed by atoms with van der Waals surface area (Å²) in [5.74, 6) is 0.608. The summed E-state index contributed by atoms with van der Waals surface area (Å²) in [4.78, 5) is 18.2. The molecule has 4 aromatic rings. The number of hydrogen-bond donors (Lipinski definition) is 0. The van der Waals surface area contributed by atoms with Crippen LogP contribution in [-0.2, 0) is 0 Å². The van der Waals surface area contributed by atoms with Crippen LogP contribution in [-0.4, -0.2) is 38.4 Å². The van der Waals surface area contributed by atoms with Crippen LogP contribution in [0.2, 0.25) is 0 Å². The molecule has 0 N–H and O–H groups in total. The Hall–Kier alpha value is -3.02. The number of carbonyl (C=O) groups excluding carboxylic acids is 1. The highest BCUT2D eigenvalue weighted by molar-refractivity contribution is 9.11. The van der Waals surface area contributed by atoms with Gasteiger partial charge in [0.25, 0.3) is 5.91 Å². The molecule has 0 spiro atoms. The first-order valence-electron chi connectivity index (χ1n) is 9.43. The van der Waals surface area contributed by atoms with Crippen LogP contribution in [0.1, 0.15) is 15.2 Å². The normalized spacial score (nSPS) is 11.2. The van der Waals surface area contributed by atoms with Crippen molar-refractivity contribution in [1.82, 2.24) is 4.98 Å². The summed E-state index contributed by atoms with van der Waals surface area (Å²) in [6.45, 7) is 0. The zero-order valence-corrected chi connectivity index (χ0v) is 20.9. The van der Waals surface area contributed by atoms with Crippen LogP contribution in [0.4, 0.5) is 9.52 Å². The fraction of sp³-hybridized carbons (Fsp3) is 0.136. The Morgan fingerprint density at radius 3 is 2.39 bits per heavy atom. The predicted molar refractivity (Wildman–Crippen MR) is 132 cm³/mol. The molecule has 0 bridgehead atoms. The number of carbonyl (C=O) groups is 1. The molecule has 7 nitrogen and oxygen atoms in total. The van der Waals surface area contributed by atoms with Gasteiger partial charge in [-0.05, 0) is 58.4 Å². The molecule has 0 aliphatic rings. The highest BCUT2D eigenvalue weighted by Crippen LogP contribution is 2.38. The summed E-state index contributed by atoms with van der Waals surface area (Å²) in [5, 5.41) is 5.94. The number of nitrogens with zero attached hydrogens (tertiary/aromatic N) is 3. The predicted octanol–water partition coefficient (Wildman–Crippen LogP) is 5.97. The molecule has 0 saturated heterocycles. The number of amides is 1. The lowest BCUT2D eigenvalue weighted by Crippen LogP contribution is -2.24. The van der Waals surface area contributed by atoms with Gasteiger partial charge < -0.3 is 14.2 Å². The second-order valence-electron chi connectivity index (χ2n) is 6.53. The van der Waals surface area contributed by atoms with E-state index in [4.69, 9.17) is 14.2 Å². The summed E-state index contributed by atoms with van der Waals surface area (Å²) >= 11 is 5.83. The number of thiophene rings is 1. The van der Waals surface area contributed by atoms with E-state index in [9.17, 15) is 9.18 Å². The average Bonchev–Trinajstić information content (AvgIpc) is 3.43. The van der Waals surface area contributed by atoms with Crippen molar-refractivity contribution in [2.45, 2.75) is 0 Å². The third kappa shape index (κ3) is 4.85. The van der Waals surface area contributed by atoms with E-state index in [0.717, 1.165) is 3.79 Å². The van der Waals surface area contributed by atoms with Gasteiger partial charge in [0.05, 0.1) is 46.4 Å². The van der Waals surface area contributed by atoms with E-state index in [-0.39, 0.29) is 11.7 Å². The quantitative estimate of drug-likeness (QED) is 0.210. The second kappa shape index (κ2) is 9.86. The van der Waals surface area contributed by atoms with Crippen molar-refractivity contribution >= 4 is 66.1 Å². The maximum atomic E-state index is 13.7. The zero-order chi connectivity index (χ0) is 23.5. The highest BCUT2D eigenvalue weighted by atomic mass is 79.9. The summed E-state index contributed by atoms with van der Waals surface area (Å²) in [6.07, 6.45) is 1.50. The minimum Gasteiger partial charge on any atom is -0.493 e. The lowest BCUT2D eigenvalue weighted by molar-refractivity contribution is 0.0991. The van der Waals surface area contributed by atoms with Gasteiger partial charge in [0.1, 0.15) is 5.82 Å². The molecule has 0 saturated carbocycles. The standard InChI is InChI=1S/C22H17BrFN3O4S2/c1-29-15-8-12(9-16(30-2)20(15)31-3)11-25-27(21(28)17-6-7-19(23)32-17)22-26-14-5-4-13(24)10-18(14)33-22/h4-11H,1-3H3/b25-11+. The highest BCUT2D eigenvalue weighted by Gasteiger charge is 2.23. The molecule has 1 amide bonds. The maximum absolute atomic E-state index is 13.7. The Labute approximate surface area is 205 Å². The van der Waals surface area contributed by atoms with Gasteiger partial charge >= 0.3 is 0 Å². The monoisotopic (exact) mass is 549 g/mol. The van der Waals surface area contributed by atoms with Gasteiger partial charge in [-0.25, -0.2) is 9.37 Å². The number of benzene rings is 2. The number of rotatable bonds is 7. The molecule has 33 heavy (non-hydrogen) atoms. The molecule has 0 fully saturated rings. The number of methoxy groups -OCH3 is 3. The number of anilines is 1. The number of aromatic nitrogens is 1. The Bertz CT molecular complexity index is 1330. The van der Waals surface area contributed by atoms with Crippen LogP contribution >= 0.6 is 38.6 Å². The number of hydrazone groups is 1. The van der Waals surface area contributed by atoms with Gasteiger partial charge in [-0.15, -0.1) is 11.3 Å². The third-order valence-corrected chi connectivity index (χ3v) is 7.11. The van der Waals surface area contributed by atoms with Gasteiger partial charge in [-0.1, -0.05) is 11.3 Å². The van der Waals surface area contributed by atoms with Crippen molar-refractivity contribution in [3.63, 3.8) is 0 Å². The van der Waals surface area contributed by atoms with Crippen LogP contribution in [0.15, 0.2) is 51.4 Å². The largest absolute Gasteiger partial charge is 0.493 e. The molecule has 0 aliphatic heterocycles. The number of hydrogen-bond acceptors (Lipinski definition) is 8. The first-order chi connectivity index (χ1) is 15.9. The number of thiazole rings is 1. The van der Waals surface area contributed by atoms with Crippen LogP contribution in [0.25, 0.3) is 10.2 Å². The van der Waals surface area contributed by atoms with E-state index in [1.165, 1.54) is 67.4 Å². The molecular formula is C22H17BrFN3O4S2. The van der Waals surface area contributed by atoms with Crippen LogP contribution in [0, 0.1) is 5.82 Å². The molecule has 0 atom stereocenters. The maximum Gasteiger partial charge on any atom is 0.290 e. The van der Waals surface area contributed by atoms with Gasteiger partial charge in [0.2, 0.25) is 10.9 Å². The number of halogens is 2. The molecule has 0 radical (unpaired) electrons. The van der Waals surface area contributed by atoms with Crippen molar-refractivity contribution in [1.29, 1.82) is 0 Å². The van der Waals surface area contributed by atoms with Crippen molar-refractivity contribution in [2.75, 3.05) is 26.3 Å². The summed E-state index contributed by atoms with van der Waals surface area (Å²) in [5.41, 5.74) is 1.19. The summed E-state index contributed by atoms with van der Waals surface area (Å²) < 4.78 is 31.2. The molecular weight excluding hydrogens is 533 g/mol. The first-order valence-corrected chi connectivity index (χ1v) is 11.9. The van der Waals surface area contributed by atoms with Gasteiger partial charge in [0, 0.05) is 5.56 Å². The van der Waals surface area contributed by atoms with E-state index in [1.807, 2.05) is 0 Å². The van der Waals surface area contributed by atoms with E-state index in [1.54, 1.807) is 30.3 Å². The van der Waals surface area contributed by atoms with Crippen LogP contribution in [0.3, 0.4) is 0 Å². The number of fused-ring (bicyclic) bond motifs is 1. The SMILES string of the molecule is COc1cc(/C=N/N(C(=O)c2ccc(Br)s2)c2nc3ccc(F)cc3s2)cc(OC)c1OC. The molecule has 4 rings (SSSR count). The van der Waals surface area contributed by atoms with Gasteiger partial charge in [-0.3, -0.25) is 4.79 Å². The Balaban J connectivity index is 1.78.